The van der Waals surface area contributed by atoms with Crippen molar-refractivity contribution >= 4 is 56.8 Å². The van der Waals surface area contributed by atoms with Gasteiger partial charge in [0.25, 0.3) is 10.0 Å². The number of halogens is 1. The number of nitrogens with zero attached hydrogens (tertiary/aromatic N) is 4. The van der Waals surface area contributed by atoms with Gasteiger partial charge < -0.3 is 19.7 Å². The van der Waals surface area contributed by atoms with Crippen LogP contribution in [0.4, 0.5) is 23.3 Å². The van der Waals surface area contributed by atoms with Crippen LogP contribution in [0.5, 0.6) is 0 Å². The van der Waals surface area contributed by atoms with E-state index in [0.717, 1.165) is 7.11 Å². The molecule has 0 unspecified atom stereocenters. The maximum absolute atomic E-state index is 13.3. The summed E-state index contributed by atoms with van der Waals surface area (Å²) in [5.41, 5.74) is 0.638. The first-order valence-electron chi connectivity index (χ1n) is 11.1. The summed E-state index contributed by atoms with van der Waals surface area (Å²) in [6.07, 6.45) is 5.96. The van der Waals surface area contributed by atoms with Crippen molar-refractivity contribution in [2.24, 2.45) is 0 Å². The molecule has 2 heterocycles. The Bertz CT molecular complexity index is 1610. The van der Waals surface area contributed by atoms with Gasteiger partial charge in [0.2, 0.25) is 17.2 Å². The van der Waals surface area contributed by atoms with Gasteiger partial charge in [-0.25, -0.2) is 22.7 Å². The molecular weight excluding hydrogens is 548 g/mol. The molecule has 39 heavy (non-hydrogen) atoms. The first-order chi connectivity index (χ1) is 18.7. The van der Waals surface area contributed by atoms with Gasteiger partial charge in [-0.05, 0) is 54.1 Å². The number of methoxy groups -OCH3 is 2. The molecule has 1 aliphatic rings. The number of esters is 2. The molecule has 0 aliphatic carbocycles. The Labute approximate surface area is 228 Å². The molecule has 12 nitrogen and oxygen atoms in total. The maximum atomic E-state index is 13.3. The third-order valence-corrected chi connectivity index (χ3v) is 6.65. The number of para-hydroxylation sites is 1. The normalized spacial score (nSPS) is 13.1. The van der Waals surface area contributed by atoms with Crippen molar-refractivity contribution in [3.05, 3.63) is 95.6 Å². The molecular formula is C25H21ClN6O6S. The minimum Gasteiger partial charge on any atom is -0.465 e. The lowest BCUT2D eigenvalue weighted by molar-refractivity contribution is -0.139. The molecule has 0 bridgehead atoms. The molecule has 0 radical (unpaired) electrons. The molecule has 0 amide bonds. The van der Waals surface area contributed by atoms with E-state index in [9.17, 15) is 18.0 Å². The molecule has 0 atom stereocenters. The number of aromatic nitrogens is 3. The summed E-state index contributed by atoms with van der Waals surface area (Å²) in [4.78, 5) is 38.1. The number of rotatable bonds is 8. The number of allylic oxidation sites excluding steroid dienone is 2. The second-order valence-corrected chi connectivity index (χ2v) is 9.68. The van der Waals surface area contributed by atoms with Crippen LogP contribution in [0.1, 0.15) is 0 Å². The minimum absolute atomic E-state index is 0.0260. The van der Waals surface area contributed by atoms with E-state index < -0.39 is 22.0 Å². The van der Waals surface area contributed by atoms with Crippen molar-refractivity contribution in [2.45, 2.75) is 4.90 Å². The predicted molar refractivity (Wildman–Crippen MR) is 144 cm³/mol. The Kier molecular flexibility index (Phi) is 8.22. The van der Waals surface area contributed by atoms with Crippen LogP contribution in [0, 0.1) is 0 Å². The Balaban J connectivity index is 1.68. The minimum atomic E-state index is -4.25. The summed E-state index contributed by atoms with van der Waals surface area (Å²) in [6.45, 7) is 0. The van der Waals surface area contributed by atoms with E-state index in [1.54, 1.807) is 36.4 Å². The van der Waals surface area contributed by atoms with Crippen molar-refractivity contribution in [2.75, 3.05) is 29.2 Å². The average Bonchev–Trinajstić information content (AvgIpc) is 3.15. The molecule has 3 aromatic rings. The zero-order valence-electron chi connectivity index (χ0n) is 20.5. The number of ether oxygens (including phenoxy) is 2. The summed E-state index contributed by atoms with van der Waals surface area (Å²) in [6, 6.07) is 14.6. The quantitative estimate of drug-likeness (QED) is 0.383. The Morgan fingerprint density at radius 3 is 2.33 bits per heavy atom. The van der Waals surface area contributed by atoms with Crippen LogP contribution in [-0.4, -0.2) is 49.5 Å². The van der Waals surface area contributed by atoms with Crippen molar-refractivity contribution in [3.63, 3.8) is 0 Å². The highest BCUT2D eigenvalue weighted by molar-refractivity contribution is 7.92. The van der Waals surface area contributed by atoms with Gasteiger partial charge in [-0.1, -0.05) is 30.3 Å². The largest absolute Gasteiger partial charge is 0.465 e. The summed E-state index contributed by atoms with van der Waals surface area (Å²) >= 11 is 6.00. The third kappa shape index (κ3) is 6.40. The van der Waals surface area contributed by atoms with E-state index in [2.05, 4.69) is 25.0 Å². The first-order valence-corrected chi connectivity index (χ1v) is 13.0. The number of carbonyl (C=O) groups is 2. The topological polar surface area (TPSA) is 153 Å². The molecule has 0 saturated carbocycles. The Hall–Kier alpha value is -4.75. The van der Waals surface area contributed by atoms with Gasteiger partial charge in [-0.2, -0.15) is 15.0 Å². The highest BCUT2D eigenvalue weighted by atomic mass is 35.5. The molecule has 2 N–H and O–H groups in total. The van der Waals surface area contributed by atoms with Crippen molar-refractivity contribution in [3.8, 4) is 0 Å². The smallest absolute Gasteiger partial charge is 0.355 e. The van der Waals surface area contributed by atoms with Gasteiger partial charge in [0.15, 0.2) is 0 Å². The monoisotopic (exact) mass is 568 g/mol. The van der Waals surface area contributed by atoms with Crippen molar-refractivity contribution < 1.29 is 27.5 Å². The zero-order valence-corrected chi connectivity index (χ0v) is 22.1. The van der Waals surface area contributed by atoms with Crippen molar-refractivity contribution in [1.29, 1.82) is 0 Å². The van der Waals surface area contributed by atoms with Crippen LogP contribution in [0.2, 0.25) is 5.28 Å². The van der Waals surface area contributed by atoms with Gasteiger partial charge in [0.05, 0.1) is 24.7 Å². The zero-order chi connectivity index (χ0) is 28.0. The number of benzene rings is 2. The van der Waals surface area contributed by atoms with Crippen LogP contribution in [0.25, 0.3) is 0 Å². The van der Waals surface area contributed by atoms with E-state index in [1.807, 2.05) is 6.07 Å². The maximum Gasteiger partial charge on any atom is 0.355 e. The summed E-state index contributed by atoms with van der Waals surface area (Å²) < 4.78 is 38.5. The summed E-state index contributed by atoms with van der Waals surface area (Å²) in [7, 11) is -1.91. The predicted octanol–water partition coefficient (Wildman–Crippen LogP) is 3.56. The lowest BCUT2D eigenvalue weighted by Gasteiger charge is -2.23. The van der Waals surface area contributed by atoms with Gasteiger partial charge >= 0.3 is 11.9 Å². The van der Waals surface area contributed by atoms with Crippen LogP contribution < -0.4 is 14.9 Å². The molecule has 4 rings (SSSR count). The number of sulfonamides is 1. The van der Waals surface area contributed by atoms with Crippen LogP contribution in [0.3, 0.4) is 0 Å². The molecule has 1 aromatic heterocycles. The van der Waals surface area contributed by atoms with Crippen LogP contribution in [0.15, 0.2) is 95.2 Å². The van der Waals surface area contributed by atoms with E-state index in [1.165, 1.54) is 48.6 Å². The highest BCUT2D eigenvalue weighted by Gasteiger charge is 2.28. The van der Waals surface area contributed by atoms with Crippen molar-refractivity contribution in [1.82, 2.24) is 15.0 Å². The number of hydrogen-bond acceptors (Lipinski definition) is 11. The van der Waals surface area contributed by atoms with Crippen LogP contribution in [-0.2, 0) is 29.1 Å². The molecule has 0 spiro atoms. The third-order valence-electron chi connectivity index (χ3n) is 5.16. The molecule has 200 valence electrons. The fraction of sp³-hybridized carbons (Fsp3) is 0.0800. The number of nitrogens with one attached hydrogen (secondary N) is 2. The van der Waals surface area contributed by atoms with Crippen LogP contribution >= 0.6 is 11.6 Å². The summed E-state index contributed by atoms with van der Waals surface area (Å²) in [5.74, 6) is -1.91. The molecule has 0 fully saturated rings. The molecule has 1 aliphatic heterocycles. The average molecular weight is 569 g/mol. The lowest BCUT2D eigenvalue weighted by Crippen LogP contribution is -2.27. The van der Waals surface area contributed by atoms with Gasteiger partial charge in [0.1, 0.15) is 5.70 Å². The molecule has 0 saturated heterocycles. The standard InChI is InChI=1S/C25H21ClN6O6S/c1-37-21(33)19-13-6-7-14-32(20(19)22(34)38-2)17-11-8-12-18(15-17)39(35,36)31-25-29-23(26)28-24(30-25)27-16-9-4-3-5-10-16/h3-15H,1-2H3,(H2,27,28,29,30,31). The first kappa shape index (κ1) is 27.3. The SMILES string of the molecule is COC(=O)C1=C(C(=O)OC)N(c2cccc(S(=O)(=O)Nc3nc(Cl)nc(Nc4ccccc4)n3)c2)C=CC=C1. The second-order valence-electron chi connectivity index (χ2n) is 7.66. The Morgan fingerprint density at radius 1 is 0.897 bits per heavy atom. The van der Waals surface area contributed by atoms with E-state index in [4.69, 9.17) is 21.1 Å². The van der Waals surface area contributed by atoms with E-state index >= 15 is 0 Å². The van der Waals surface area contributed by atoms with E-state index in [0.29, 0.717) is 5.69 Å². The lowest BCUT2D eigenvalue weighted by atomic mass is 10.1. The number of anilines is 4. The van der Waals surface area contributed by atoms with Gasteiger partial charge in [-0.15, -0.1) is 0 Å². The number of carbonyl (C=O) groups excluding carboxylic acids is 2. The fourth-order valence-electron chi connectivity index (χ4n) is 3.45. The fourth-order valence-corrected chi connectivity index (χ4v) is 4.59. The number of hydrogen-bond donors (Lipinski definition) is 2. The van der Waals surface area contributed by atoms with Gasteiger partial charge in [0, 0.05) is 17.6 Å². The Morgan fingerprint density at radius 2 is 1.62 bits per heavy atom. The summed E-state index contributed by atoms with van der Waals surface area (Å²) in [5, 5.41) is 2.68. The highest BCUT2D eigenvalue weighted by Crippen LogP contribution is 2.29. The molecule has 2 aromatic carbocycles. The second kappa shape index (κ2) is 11.8. The van der Waals surface area contributed by atoms with E-state index in [-0.39, 0.29) is 39.0 Å². The van der Waals surface area contributed by atoms with Gasteiger partial charge in [-0.3, -0.25) is 0 Å². The molecule has 14 heteroatoms.